The first kappa shape index (κ1) is 16.4. The van der Waals surface area contributed by atoms with Crippen molar-refractivity contribution in [3.8, 4) is 0 Å². The molecule has 0 saturated carbocycles. The van der Waals surface area contributed by atoms with Gasteiger partial charge in [0.05, 0.1) is 19.6 Å². The van der Waals surface area contributed by atoms with Crippen molar-refractivity contribution in [1.29, 1.82) is 0 Å². The molecule has 20 heavy (non-hydrogen) atoms. The van der Waals surface area contributed by atoms with Gasteiger partial charge in [0, 0.05) is 5.41 Å². The minimum atomic E-state index is -1.03. The average molecular weight is 286 g/mol. The third-order valence-corrected chi connectivity index (χ3v) is 3.03. The highest BCUT2D eigenvalue weighted by Crippen LogP contribution is 2.24. The molecule has 2 N–H and O–H groups in total. The van der Waals surface area contributed by atoms with Gasteiger partial charge in [-0.1, -0.05) is 20.8 Å². The number of aliphatic carboxylic acids is 1. The summed E-state index contributed by atoms with van der Waals surface area (Å²) in [7, 11) is 0. The predicted molar refractivity (Wildman–Crippen MR) is 71.0 cm³/mol. The van der Waals surface area contributed by atoms with Crippen molar-refractivity contribution >= 4 is 17.8 Å². The van der Waals surface area contributed by atoms with Gasteiger partial charge < -0.3 is 20.1 Å². The zero-order valence-electron chi connectivity index (χ0n) is 12.4. The zero-order valence-corrected chi connectivity index (χ0v) is 12.4. The van der Waals surface area contributed by atoms with Crippen LogP contribution in [0.1, 0.15) is 27.7 Å². The molecule has 1 heterocycles. The standard InChI is InChI=1S/C13H22N2O5/c1-12(2,3)11(19)14-5-9(16)15-7-13(4,8-15)20-6-10(17)18/h5-8H2,1-4H3,(H,14,19)(H,17,18). The number of hydrogen-bond donors (Lipinski definition) is 2. The first-order valence-corrected chi connectivity index (χ1v) is 6.45. The SMILES string of the molecule is CC1(OCC(=O)O)CN(C(=O)CNC(=O)C(C)(C)C)C1. The lowest BCUT2D eigenvalue weighted by molar-refractivity contribution is -0.173. The molecule has 0 bridgehead atoms. The van der Waals surface area contributed by atoms with Crippen molar-refractivity contribution in [3.05, 3.63) is 0 Å². The molecule has 0 radical (unpaired) electrons. The van der Waals surface area contributed by atoms with Crippen molar-refractivity contribution in [2.24, 2.45) is 5.41 Å². The number of hydrogen-bond acceptors (Lipinski definition) is 4. The molecule has 0 unspecified atom stereocenters. The Balaban J connectivity index is 2.31. The Morgan fingerprint density at radius 3 is 2.30 bits per heavy atom. The van der Waals surface area contributed by atoms with E-state index in [1.165, 1.54) is 4.90 Å². The van der Waals surface area contributed by atoms with E-state index in [4.69, 9.17) is 9.84 Å². The Kier molecular flexibility index (Phi) is 4.75. The molecule has 114 valence electrons. The van der Waals surface area contributed by atoms with Crippen LogP contribution in [0.15, 0.2) is 0 Å². The van der Waals surface area contributed by atoms with Crippen LogP contribution in [0.3, 0.4) is 0 Å². The summed E-state index contributed by atoms with van der Waals surface area (Å²) in [6, 6.07) is 0. The molecule has 1 saturated heterocycles. The number of amides is 2. The summed E-state index contributed by atoms with van der Waals surface area (Å²) in [5.74, 6) is -1.41. The summed E-state index contributed by atoms with van der Waals surface area (Å²) >= 11 is 0. The van der Waals surface area contributed by atoms with Crippen molar-refractivity contribution in [1.82, 2.24) is 10.2 Å². The largest absolute Gasteiger partial charge is 0.480 e. The summed E-state index contributed by atoms with van der Waals surface area (Å²) in [4.78, 5) is 35.4. The summed E-state index contributed by atoms with van der Waals surface area (Å²) in [6.07, 6.45) is 0. The van der Waals surface area contributed by atoms with Crippen LogP contribution in [0.4, 0.5) is 0 Å². The van der Waals surface area contributed by atoms with E-state index in [-0.39, 0.29) is 25.0 Å². The van der Waals surface area contributed by atoms with Gasteiger partial charge in [0.25, 0.3) is 0 Å². The van der Waals surface area contributed by atoms with Crippen LogP contribution >= 0.6 is 0 Å². The molecule has 0 aromatic heterocycles. The molecule has 2 amide bonds. The molecule has 1 aliphatic rings. The van der Waals surface area contributed by atoms with E-state index in [0.717, 1.165) is 0 Å². The molecule has 0 aliphatic carbocycles. The molecule has 7 nitrogen and oxygen atoms in total. The van der Waals surface area contributed by atoms with Gasteiger partial charge in [-0.15, -0.1) is 0 Å². The van der Waals surface area contributed by atoms with Crippen LogP contribution in [0.2, 0.25) is 0 Å². The highest BCUT2D eigenvalue weighted by Gasteiger charge is 2.42. The third-order valence-electron chi connectivity index (χ3n) is 3.03. The van der Waals surface area contributed by atoms with Crippen molar-refractivity contribution in [2.45, 2.75) is 33.3 Å². The van der Waals surface area contributed by atoms with Crippen LogP contribution in [0.5, 0.6) is 0 Å². The van der Waals surface area contributed by atoms with Crippen LogP contribution in [0, 0.1) is 5.41 Å². The second-order valence-electron chi connectivity index (χ2n) is 6.31. The fraction of sp³-hybridized carbons (Fsp3) is 0.769. The number of carbonyl (C=O) groups excluding carboxylic acids is 2. The summed E-state index contributed by atoms with van der Waals surface area (Å²) in [5.41, 5.74) is -1.14. The predicted octanol–water partition coefficient (Wildman–Crippen LogP) is -0.149. The maximum Gasteiger partial charge on any atom is 0.329 e. The number of carbonyl (C=O) groups is 3. The van der Waals surface area contributed by atoms with Crippen LogP contribution in [-0.2, 0) is 19.1 Å². The Bertz CT molecular complexity index is 407. The van der Waals surface area contributed by atoms with Gasteiger partial charge in [-0.05, 0) is 6.92 Å². The maximum absolute atomic E-state index is 11.8. The number of likely N-dealkylation sites (tertiary alicyclic amines) is 1. The van der Waals surface area contributed by atoms with Gasteiger partial charge in [-0.25, -0.2) is 4.79 Å². The Morgan fingerprint density at radius 1 is 1.30 bits per heavy atom. The smallest absolute Gasteiger partial charge is 0.329 e. The molecule has 0 aromatic rings. The lowest BCUT2D eigenvalue weighted by atomic mass is 9.95. The van der Waals surface area contributed by atoms with E-state index >= 15 is 0 Å². The maximum atomic E-state index is 11.8. The highest BCUT2D eigenvalue weighted by molar-refractivity contribution is 5.87. The monoisotopic (exact) mass is 286 g/mol. The summed E-state index contributed by atoms with van der Waals surface area (Å²) < 4.78 is 5.21. The Hall–Kier alpha value is -1.63. The number of carboxylic acids is 1. The van der Waals surface area contributed by atoms with E-state index in [2.05, 4.69) is 5.32 Å². The summed E-state index contributed by atoms with van der Waals surface area (Å²) in [6.45, 7) is 7.32. The molecular formula is C13H22N2O5. The number of nitrogens with one attached hydrogen (secondary N) is 1. The fourth-order valence-corrected chi connectivity index (χ4v) is 1.80. The molecule has 7 heteroatoms. The minimum absolute atomic E-state index is 0.0505. The molecule has 1 rings (SSSR count). The normalized spacial score (nSPS) is 17.3. The van der Waals surface area contributed by atoms with Gasteiger partial charge in [0.2, 0.25) is 11.8 Å². The van der Waals surface area contributed by atoms with Crippen LogP contribution in [0.25, 0.3) is 0 Å². The topological polar surface area (TPSA) is 95.9 Å². The Labute approximate surface area is 118 Å². The quantitative estimate of drug-likeness (QED) is 0.733. The van der Waals surface area contributed by atoms with Gasteiger partial charge in [-0.2, -0.15) is 0 Å². The zero-order chi connectivity index (χ0) is 15.6. The molecule has 0 spiro atoms. The van der Waals surface area contributed by atoms with Gasteiger partial charge in [0.15, 0.2) is 0 Å². The first-order chi connectivity index (χ1) is 9.03. The minimum Gasteiger partial charge on any atom is -0.480 e. The van der Waals surface area contributed by atoms with Gasteiger partial charge in [-0.3, -0.25) is 9.59 Å². The number of ether oxygens (including phenoxy) is 1. The van der Waals surface area contributed by atoms with Crippen LogP contribution in [-0.4, -0.2) is 59.6 Å². The van der Waals surface area contributed by atoms with E-state index in [1.807, 2.05) is 0 Å². The van der Waals surface area contributed by atoms with Crippen molar-refractivity contribution in [3.63, 3.8) is 0 Å². The van der Waals surface area contributed by atoms with E-state index in [0.29, 0.717) is 13.1 Å². The lowest BCUT2D eigenvalue weighted by Gasteiger charge is -2.47. The number of carboxylic acid groups (broad SMARTS) is 1. The van der Waals surface area contributed by atoms with E-state index < -0.39 is 17.0 Å². The van der Waals surface area contributed by atoms with E-state index in [1.54, 1.807) is 27.7 Å². The average Bonchev–Trinajstić information content (AvgIpc) is 2.28. The first-order valence-electron chi connectivity index (χ1n) is 6.45. The number of nitrogens with zero attached hydrogens (tertiary/aromatic N) is 1. The van der Waals surface area contributed by atoms with E-state index in [9.17, 15) is 14.4 Å². The fourth-order valence-electron chi connectivity index (χ4n) is 1.80. The van der Waals surface area contributed by atoms with Crippen LogP contribution < -0.4 is 5.32 Å². The second kappa shape index (κ2) is 5.78. The molecular weight excluding hydrogens is 264 g/mol. The lowest BCUT2D eigenvalue weighted by Crippen LogP contribution is -2.64. The molecule has 1 aliphatic heterocycles. The molecule has 0 aromatic carbocycles. The van der Waals surface area contributed by atoms with Gasteiger partial charge >= 0.3 is 5.97 Å². The highest BCUT2D eigenvalue weighted by atomic mass is 16.5. The molecule has 0 atom stereocenters. The van der Waals surface area contributed by atoms with Gasteiger partial charge in [0.1, 0.15) is 12.2 Å². The summed E-state index contributed by atoms with van der Waals surface area (Å²) in [5, 5.41) is 11.1. The third kappa shape index (κ3) is 4.48. The molecule has 1 fully saturated rings. The van der Waals surface area contributed by atoms with Crippen molar-refractivity contribution in [2.75, 3.05) is 26.2 Å². The Morgan fingerprint density at radius 2 is 1.85 bits per heavy atom. The van der Waals surface area contributed by atoms with Crippen molar-refractivity contribution < 1.29 is 24.2 Å². The second-order valence-corrected chi connectivity index (χ2v) is 6.31. The number of rotatable bonds is 5.